The third-order valence-corrected chi connectivity index (χ3v) is 8.08. The second kappa shape index (κ2) is 9.06. The van der Waals surface area contributed by atoms with Crippen LogP contribution in [0.2, 0.25) is 0 Å². The van der Waals surface area contributed by atoms with E-state index in [1.807, 2.05) is 0 Å². The van der Waals surface area contributed by atoms with Gasteiger partial charge in [0, 0.05) is 18.8 Å². The maximum atomic E-state index is 12.8. The normalized spacial score (nSPS) is 17.7. The molecule has 9 heteroatoms. The first-order valence-electron chi connectivity index (χ1n) is 9.45. The summed E-state index contributed by atoms with van der Waals surface area (Å²) in [5.41, 5.74) is 1.76. The van der Waals surface area contributed by atoms with Crippen molar-refractivity contribution in [3.63, 3.8) is 0 Å². The molecule has 0 saturated carbocycles. The fourth-order valence-corrected chi connectivity index (χ4v) is 5.96. The number of hydrogen-bond donors (Lipinski definition) is 1. The van der Waals surface area contributed by atoms with Crippen molar-refractivity contribution in [2.75, 3.05) is 25.0 Å². The lowest BCUT2D eigenvalue weighted by Gasteiger charge is -2.30. The Hall–Kier alpha value is -2.23. The van der Waals surface area contributed by atoms with Gasteiger partial charge in [-0.05, 0) is 61.9 Å². The maximum Gasteiger partial charge on any atom is 0.338 e. The Kier molecular flexibility index (Phi) is 6.71. The lowest BCUT2D eigenvalue weighted by atomic mass is 9.98. The molecule has 0 unspecified atom stereocenters. The number of carbonyl (C=O) groups is 2. The molecule has 1 aromatic heterocycles. The van der Waals surface area contributed by atoms with Crippen molar-refractivity contribution in [3.05, 3.63) is 46.8 Å². The summed E-state index contributed by atoms with van der Waals surface area (Å²) in [5, 5.41) is 4.60. The lowest BCUT2D eigenvalue weighted by Crippen LogP contribution is -2.43. The molecule has 1 aliphatic rings. The van der Waals surface area contributed by atoms with E-state index < -0.39 is 21.9 Å². The number of nitrogens with zero attached hydrogens (tertiary/aromatic N) is 1. The molecule has 0 spiro atoms. The van der Waals surface area contributed by atoms with E-state index in [4.69, 9.17) is 4.74 Å². The SMILES string of the molecule is CCOC(=O)c1ccc(NC(=O)[C@H]2CCCN(S(=O)(=O)c3cccs3)C2)c(C)c1. The largest absolute Gasteiger partial charge is 0.462 e. The van der Waals surface area contributed by atoms with Gasteiger partial charge in [0.05, 0.1) is 18.1 Å². The summed E-state index contributed by atoms with van der Waals surface area (Å²) in [7, 11) is -3.57. The number of piperidine rings is 1. The van der Waals surface area contributed by atoms with Crippen molar-refractivity contribution in [2.45, 2.75) is 30.9 Å². The third kappa shape index (κ3) is 4.85. The Morgan fingerprint density at radius 2 is 2.10 bits per heavy atom. The van der Waals surface area contributed by atoms with Crippen molar-refractivity contribution in [1.29, 1.82) is 0 Å². The molecule has 1 aromatic carbocycles. The summed E-state index contributed by atoms with van der Waals surface area (Å²) >= 11 is 1.18. The first-order valence-corrected chi connectivity index (χ1v) is 11.8. The highest BCUT2D eigenvalue weighted by Crippen LogP contribution is 2.27. The Balaban J connectivity index is 1.68. The highest BCUT2D eigenvalue weighted by molar-refractivity contribution is 7.91. The molecule has 1 atom stereocenters. The van der Waals surface area contributed by atoms with Gasteiger partial charge in [0.1, 0.15) is 4.21 Å². The van der Waals surface area contributed by atoms with Crippen LogP contribution in [0.15, 0.2) is 39.9 Å². The number of rotatable bonds is 6. The van der Waals surface area contributed by atoms with E-state index in [0.29, 0.717) is 41.5 Å². The first-order chi connectivity index (χ1) is 13.8. The number of esters is 1. The van der Waals surface area contributed by atoms with Gasteiger partial charge >= 0.3 is 5.97 Å². The Bertz CT molecular complexity index is 986. The summed E-state index contributed by atoms with van der Waals surface area (Å²) in [6, 6.07) is 8.23. The van der Waals surface area contributed by atoms with Crippen molar-refractivity contribution >= 4 is 38.9 Å². The Morgan fingerprint density at radius 3 is 2.76 bits per heavy atom. The minimum Gasteiger partial charge on any atom is -0.462 e. The van der Waals surface area contributed by atoms with Gasteiger partial charge in [-0.1, -0.05) is 6.07 Å². The van der Waals surface area contributed by atoms with Crippen LogP contribution >= 0.6 is 11.3 Å². The van der Waals surface area contributed by atoms with Crippen LogP contribution in [0.3, 0.4) is 0 Å². The van der Waals surface area contributed by atoms with E-state index >= 15 is 0 Å². The predicted octanol–water partition coefficient (Wildman–Crippen LogP) is 3.27. The van der Waals surface area contributed by atoms with E-state index in [1.165, 1.54) is 15.6 Å². The monoisotopic (exact) mass is 436 g/mol. The van der Waals surface area contributed by atoms with Crippen molar-refractivity contribution in [1.82, 2.24) is 4.31 Å². The molecule has 1 aliphatic heterocycles. The fraction of sp³-hybridized carbons (Fsp3) is 0.400. The first kappa shape index (κ1) is 21.5. The van der Waals surface area contributed by atoms with Crippen LogP contribution in [0.4, 0.5) is 5.69 Å². The zero-order chi connectivity index (χ0) is 21.0. The second-order valence-corrected chi connectivity index (χ2v) is 9.99. The standard InChI is InChI=1S/C20H24N2O5S2/c1-3-27-20(24)15-8-9-17(14(2)12-15)21-19(23)16-6-4-10-22(13-16)29(25,26)18-7-5-11-28-18/h5,7-9,11-12,16H,3-4,6,10,13H2,1-2H3,(H,21,23)/t16-/m0/s1. The molecule has 1 N–H and O–H groups in total. The highest BCUT2D eigenvalue weighted by Gasteiger charge is 2.33. The topological polar surface area (TPSA) is 92.8 Å². The van der Waals surface area contributed by atoms with Crippen LogP contribution in [-0.4, -0.2) is 44.3 Å². The van der Waals surface area contributed by atoms with Gasteiger partial charge in [-0.2, -0.15) is 4.31 Å². The van der Waals surface area contributed by atoms with E-state index in [1.54, 1.807) is 49.6 Å². The number of amides is 1. The predicted molar refractivity (Wildman–Crippen MR) is 112 cm³/mol. The van der Waals surface area contributed by atoms with E-state index in [0.717, 1.165) is 5.56 Å². The molecule has 3 rings (SSSR count). The third-order valence-electron chi connectivity index (χ3n) is 4.84. The molecule has 7 nitrogen and oxygen atoms in total. The summed E-state index contributed by atoms with van der Waals surface area (Å²) in [4.78, 5) is 24.6. The molecule has 1 saturated heterocycles. The average Bonchev–Trinajstić information content (AvgIpc) is 3.25. The van der Waals surface area contributed by atoms with Crippen LogP contribution in [-0.2, 0) is 19.6 Å². The summed E-state index contributed by atoms with van der Waals surface area (Å²) in [6.07, 6.45) is 1.26. The Labute approximate surface area is 174 Å². The smallest absolute Gasteiger partial charge is 0.338 e. The van der Waals surface area contributed by atoms with Crippen molar-refractivity contribution in [2.24, 2.45) is 5.92 Å². The van der Waals surface area contributed by atoms with Crippen LogP contribution in [0.5, 0.6) is 0 Å². The van der Waals surface area contributed by atoms with Gasteiger partial charge in [0.2, 0.25) is 5.91 Å². The molecule has 0 aliphatic carbocycles. The summed E-state index contributed by atoms with van der Waals surface area (Å²) < 4.78 is 32.2. The van der Waals surface area contributed by atoms with Gasteiger partial charge in [-0.15, -0.1) is 11.3 Å². The van der Waals surface area contributed by atoms with Crippen LogP contribution in [0.25, 0.3) is 0 Å². The van der Waals surface area contributed by atoms with Gasteiger partial charge in [0.15, 0.2) is 0 Å². The quantitative estimate of drug-likeness (QED) is 0.702. The molecular formula is C20H24N2O5S2. The highest BCUT2D eigenvalue weighted by atomic mass is 32.2. The number of aryl methyl sites for hydroxylation is 1. The second-order valence-electron chi connectivity index (χ2n) is 6.87. The number of anilines is 1. The molecule has 29 heavy (non-hydrogen) atoms. The van der Waals surface area contributed by atoms with E-state index in [-0.39, 0.29) is 12.5 Å². The summed E-state index contributed by atoms with van der Waals surface area (Å²) in [5.74, 6) is -1.05. The Morgan fingerprint density at radius 1 is 1.31 bits per heavy atom. The van der Waals surface area contributed by atoms with E-state index in [2.05, 4.69) is 5.32 Å². The number of nitrogens with one attached hydrogen (secondary N) is 1. The van der Waals surface area contributed by atoms with Gasteiger partial charge in [0.25, 0.3) is 10.0 Å². The molecule has 156 valence electrons. The molecule has 1 fully saturated rings. The fourth-order valence-electron chi connectivity index (χ4n) is 3.29. The van der Waals surface area contributed by atoms with Gasteiger partial charge < -0.3 is 10.1 Å². The maximum absolute atomic E-state index is 12.8. The zero-order valence-corrected chi connectivity index (χ0v) is 18.0. The average molecular weight is 437 g/mol. The number of hydrogen-bond acceptors (Lipinski definition) is 6. The number of benzene rings is 1. The molecule has 0 radical (unpaired) electrons. The van der Waals surface area contributed by atoms with Gasteiger partial charge in [-0.3, -0.25) is 4.79 Å². The molecule has 2 heterocycles. The minimum absolute atomic E-state index is 0.159. The van der Waals surface area contributed by atoms with Crippen molar-refractivity contribution in [3.8, 4) is 0 Å². The molecule has 2 aromatic rings. The molecular weight excluding hydrogens is 412 g/mol. The van der Waals surface area contributed by atoms with Crippen molar-refractivity contribution < 1.29 is 22.7 Å². The summed E-state index contributed by atoms with van der Waals surface area (Å²) in [6.45, 7) is 4.41. The van der Waals surface area contributed by atoms with Gasteiger partial charge in [-0.25, -0.2) is 13.2 Å². The number of ether oxygens (including phenoxy) is 1. The van der Waals surface area contributed by atoms with E-state index in [9.17, 15) is 18.0 Å². The number of carbonyl (C=O) groups excluding carboxylic acids is 2. The van der Waals surface area contributed by atoms with Crippen LogP contribution in [0, 0.1) is 12.8 Å². The molecule has 0 bridgehead atoms. The minimum atomic E-state index is -3.57. The lowest BCUT2D eigenvalue weighted by molar-refractivity contribution is -0.120. The number of thiophene rings is 1. The molecule has 1 amide bonds. The van der Waals surface area contributed by atoms with Crippen LogP contribution < -0.4 is 5.32 Å². The number of sulfonamides is 1. The zero-order valence-electron chi connectivity index (χ0n) is 16.4. The van der Waals surface area contributed by atoms with Crippen LogP contribution in [0.1, 0.15) is 35.7 Å².